The van der Waals surface area contributed by atoms with Crippen molar-refractivity contribution in [2.45, 2.75) is 51.1 Å². The minimum Gasteiger partial charge on any atom is -0.473 e. The number of hydrogen-bond donors (Lipinski definition) is 2. The highest BCUT2D eigenvalue weighted by Crippen LogP contribution is 2.22. The fourth-order valence-corrected chi connectivity index (χ4v) is 4.01. The molecule has 1 aromatic carbocycles. The molecular weight excluding hydrogens is 368 g/mol. The second-order valence-corrected chi connectivity index (χ2v) is 7.63. The molecule has 0 unspecified atom stereocenters. The first kappa shape index (κ1) is 21.7. The number of rotatable bonds is 3. The predicted octanol–water partition coefficient (Wildman–Crippen LogP) is 3.34. The minimum atomic E-state index is -1.82. The second-order valence-electron chi connectivity index (χ2n) is 7.20. The third-order valence-corrected chi connectivity index (χ3v) is 5.43. The van der Waals surface area contributed by atoms with Crippen LogP contribution in [0.3, 0.4) is 0 Å². The Morgan fingerprint density at radius 3 is 2.07 bits per heavy atom. The number of benzene rings is 1. The van der Waals surface area contributed by atoms with Crippen molar-refractivity contribution in [3.8, 4) is 0 Å². The van der Waals surface area contributed by atoms with Crippen molar-refractivity contribution in [3.05, 3.63) is 34.9 Å². The first-order chi connectivity index (χ1) is 13.0. The number of carbonyl (C=O) groups is 2. The van der Waals surface area contributed by atoms with E-state index in [-0.39, 0.29) is 0 Å². The van der Waals surface area contributed by atoms with Crippen molar-refractivity contribution < 1.29 is 19.8 Å². The Kier molecular flexibility index (Phi) is 9.04. The van der Waals surface area contributed by atoms with Gasteiger partial charge in [0.2, 0.25) is 0 Å². The van der Waals surface area contributed by atoms with Gasteiger partial charge in [0.05, 0.1) is 0 Å². The van der Waals surface area contributed by atoms with E-state index in [1.807, 2.05) is 6.07 Å². The molecule has 2 aliphatic heterocycles. The summed E-state index contributed by atoms with van der Waals surface area (Å²) in [5.41, 5.74) is 1.34. The Bertz CT molecular complexity index is 598. The highest BCUT2D eigenvalue weighted by molar-refractivity contribution is 6.30. The highest BCUT2D eigenvalue weighted by atomic mass is 35.5. The van der Waals surface area contributed by atoms with Crippen LogP contribution in [0.2, 0.25) is 5.02 Å². The molecule has 0 radical (unpaired) electrons. The van der Waals surface area contributed by atoms with Gasteiger partial charge in [-0.05, 0) is 69.6 Å². The number of aliphatic carboxylic acids is 2. The lowest BCUT2D eigenvalue weighted by Gasteiger charge is -2.38. The van der Waals surface area contributed by atoms with Crippen LogP contribution in [0.25, 0.3) is 0 Å². The van der Waals surface area contributed by atoms with E-state index in [4.69, 9.17) is 31.4 Å². The Morgan fingerprint density at radius 2 is 1.56 bits per heavy atom. The fraction of sp³-hybridized carbons (Fsp3) is 0.600. The summed E-state index contributed by atoms with van der Waals surface area (Å²) >= 11 is 6.08. The van der Waals surface area contributed by atoms with Gasteiger partial charge in [-0.25, -0.2) is 9.59 Å². The molecule has 2 heterocycles. The van der Waals surface area contributed by atoms with Gasteiger partial charge < -0.3 is 15.1 Å². The number of carboxylic acids is 2. The van der Waals surface area contributed by atoms with E-state index >= 15 is 0 Å². The van der Waals surface area contributed by atoms with Crippen LogP contribution in [0.15, 0.2) is 24.3 Å². The molecule has 7 heteroatoms. The van der Waals surface area contributed by atoms with E-state index in [1.165, 1.54) is 70.3 Å². The van der Waals surface area contributed by atoms with Crippen molar-refractivity contribution in [2.24, 2.45) is 0 Å². The van der Waals surface area contributed by atoms with Crippen LogP contribution in [-0.2, 0) is 16.1 Å². The van der Waals surface area contributed by atoms with Gasteiger partial charge in [0.25, 0.3) is 0 Å². The molecule has 27 heavy (non-hydrogen) atoms. The summed E-state index contributed by atoms with van der Waals surface area (Å²) in [5, 5.41) is 15.6. The number of halogens is 1. The molecule has 0 bridgehead atoms. The van der Waals surface area contributed by atoms with Gasteiger partial charge in [0.1, 0.15) is 0 Å². The number of likely N-dealkylation sites (tertiary alicyclic amines) is 2. The summed E-state index contributed by atoms with van der Waals surface area (Å²) in [7, 11) is 0. The van der Waals surface area contributed by atoms with Crippen molar-refractivity contribution in [1.29, 1.82) is 0 Å². The van der Waals surface area contributed by atoms with E-state index in [1.54, 1.807) is 0 Å². The molecule has 2 aliphatic rings. The monoisotopic (exact) mass is 396 g/mol. The van der Waals surface area contributed by atoms with Crippen LogP contribution in [0.1, 0.15) is 44.1 Å². The maximum Gasteiger partial charge on any atom is 0.414 e. The third kappa shape index (κ3) is 7.87. The number of piperidine rings is 1. The van der Waals surface area contributed by atoms with E-state index in [0.717, 1.165) is 17.6 Å². The zero-order chi connectivity index (χ0) is 19.6. The zero-order valence-electron chi connectivity index (χ0n) is 15.6. The lowest BCUT2D eigenvalue weighted by atomic mass is 10.0. The summed E-state index contributed by atoms with van der Waals surface area (Å²) in [4.78, 5) is 23.5. The van der Waals surface area contributed by atoms with Gasteiger partial charge in [0.15, 0.2) is 0 Å². The van der Waals surface area contributed by atoms with E-state index < -0.39 is 11.9 Å². The first-order valence-electron chi connectivity index (χ1n) is 9.63. The van der Waals surface area contributed by atoms with E-state index in [9.17, 15) is 0 Å². The van der Waals surface area contributed by atoms with E-state index in [0.29, 0.717) is 0 Å². The van der Waals surface area contributed by atoms with Gasteiger partial charge in [-0.15, -0.1) is 0 Å². The van der Waals surface area contributed by atoms with Crippen LogP contribution in [-0.4, -0.2) is 64.2 Å². The minimum absolute atomic E-state index is 0.832. The summed E-state index contributed by atoms with van der Waals surface area (Å²) in [6.07, 6.45) is 8.35. The zero-order valence-corrected chi connectivity index (χ0v) is 16.4. The Hall–Kier alpha value is -1.63. The Morgan fingerprint density at radius 1 is 0.963 bits per heavy atom. The van der Waals surface area contributed by atoms with Gasteiger partial charge in [-0.3, -0.25) is 4.90 Å². The molecule has 0 saturated carbocycles. The lowest BCUT2D eigenvalue weighted by molar-refractivity contribution is -0.159. The van der Waals surface area contributed by atoms with Crippen molar-refractivity contribution in [1.82, 2.24) is 9.80 Å². The quantitative estimate of drug-likeness (QED) is 0.762. The van der Waals surface area contributed by atoms with Crippen molar-refractivity contribution in [2.75, 3.05) is 26.2 Å². The largest absolute Gasteiger partial charge is 0.473 e. The van der Waals surface area contributed by atoms with Crippen LogP contribution in [0.4, 0.5) is 0 Å². The standard InChI is InChI=1S/C18H27ClN2.C2H2O4/c19-17-7-5-6-16(14-17)15-20-12-8-18(9-13-20)21-10-3-1-2-4-11-21;3-1(4)2(5)6/h5-7,14,18H,1-4,8-13,15H2;(H,3,4)(H,5,6). The van der Waals surface area contributed by atoms with Crippen LogP contribution in [0, 0.1) is 0 Å². The lowest BCUT2D eigenvalue weighted by Crippen LogP contribution is -2.45. The average Bonchev–Trinajstić information content (AvgIpc) is 2.92. The molecule has 0 amide bonds. The second kappa shape index (κ2) is 11.3. The topological polar surface area (TPSA) is 81.1 Å². The predicted molar refractivity (Wildman–Crippen MR) is 105 cm³/mol. The molecule has 0 aromatic heterocycles. The average molecular weight is 397 g/mol. The smallest absolute Gasteiger partial charge is 0.414 e. The van der Waals surface area contributed by atoms with Gasteiger partial charge in [-0.1, -0.05) is 36.6 Å². The number of carboxylic acid groups (broad SMARTS) is 2. The van der Waals surface area contributed by atoms with Crippen molar-refractivity contribution >= 4 is 23.5 Å². The van der Waals surface area contributed by atoms with Crippen molar-refractivity contribution in [3.63, 3.8) is 0 Å². The molecular formula is C20H29ClN2O4. The Balaban J connectivity index is 0.000000380. The van der Waals surface area contributed by atoms with Gasteiger partial charge in [0, 0.05) is 17.6 Å². The normalized spacial score (nSPS) is 19.6. The third-order valence-electron chi connectivity index (χ3n) is 5.19. The van der Waals surface area contributed by atoms with Crippen LogP contribution in [0.5, 0.6) is 0 Å². The van der Waals surface area contributed by atoms with E-state index in [2.05, 4.69) is 28.0 Å². The van der Waals surface area contributed by atoms with Gasteiger partial charge in [-0.2, -0.15) is 0 Å². The van der Waals surface area contributed by atoms with Crippen LogP contribution >= 0.6 is 11.6 Å². The molecule has 0 spiro atoms. The van der Waals surface area contributed by atoms with Crippen LogP contribution < -0.4 is 0 Å². The number of hydrogen-bond acceptors (Lipinski definition) is 4. The number of nitrogens with zero attached hydrogens (tertiary/aromatic N) is 2. The molecule has 2 N–H and O–H groups in total. The summed E-state index contributed by atoms with van der Waals surface area (Å²) in [6.45, 7) is 6.17. The molecule has 3 rings (SSSR count). The maximum absolute atomic E-state index is 9.10. The molecule has 2 saturated heterocycles. The highest BCUT2D eigenvalue weighted by Gasteiger charge is 2.24. The molecule has 0 aliphatic carbocycles. The summed E-state index contributed by atoms with van der Waals surface area (Å²) in [6, 6.07) is 9.13. The fourth-order valence-electron chi connectivity index (χ4n) is 3.80. The molecule has 6 nitrogen and oxygen atoms in total. The molecule has 0 atom stereocenters. The first-order valence-corrected chi connectivity index (χ1v) is 10.0. The summed E-state index contributed by atoms with van der Waals surface area (Å²) < 4.78 is 0. The Labute approximate surface area is 165 Å². The summed E-state index contributed by atoms with van der Waals surface area (Å²) in [5.74, 6) is -3.65. The molecule has 1 aromatic rings. The SMILES string of the molecule is Clc1cccc(CN2CCC(N3CCCCCC3)CC2)c1.O=C(O)C(=O)O. The van der Waals surface area contributed by atoms with Gasteiger partial charge >= 0.3 is 11.9 Å². The maximum atomic E-state index is 9.10. The molecule has 2 fully saturated rings. The molecule has 150 valence electrons.